The van der Waals surface area contributed by atoms with Crippen LogP contribution in [-0.2, 0) is 41.4 Å². The van der Waals surface area contributed by atoms with Crippen molar-refractivity contribution >= 4 is 58.2 Å². The minimum Gasteiger partial charge on any atom is -0.462 e. The number of nitrogens with two attached hydrogens (primary N) is 1. The molecule has 706 valence electrons. The highest BCUT2D eigenvalue weighted by Crippen LogP contribution is 2.77. The Morgan fingerprint density at radius 1 is 0.437 bits per heavy atom. The van der Waals surface area contributed by atoms with Gasteiger partial charge in [0.05, 0.1) is 18.4 Å². The molecule has 23 atom stereocenters. The minimum atomic E-state index is -0.618. The number of aliphatic hydroxyl groups is 1. The summed E-state index contributed by atoms with van der Waals surface area (Å²) in [5, 5.41) is 10.8. The van der Waals surface area contributed by atoms with Crippen LogP contribution < -0.4 is 5.73 Å². The fourth-order valence-electron chi connectivity index (χ4n) is 31.9. The van der Waals surface area contributed by atoms with Gasteiger partial charge in [-0.15, -0.1) is 24.8 Å². The summed E-state index contributed by atoms with van der Waals surface area (Å²) in [5.74, 6) is 5.02. The molecular formula is C114H182B2Cl2NO7-. The first-order chi connectivity index (χ1) is 57.9. The van der Waals surface area contributed by atoms with E-state index in [1.54, 1.807) is 11.1 Å². The number of hydrogen-bond donors (Lipinski definition) is 2. The van der Waals surface area contributed by atoms with Gasteiger partial charge in [0.25, 0.3) is 0 Å². The molecule has 126 heavy (non-hydrogen) atoms. The second kappa shape index (κ2) is 40.6. The number of aliphatic hydroxyl groups excluding tert-OH is 1. The van der Waals surface area contributed by atoms with Crippen LogP contribution in [0.25, 0.3) is 0 Å². The van der Waals surface area contributed by atoms with Gasteiger partial charge in [-0.2, -0.15) is 7.74 Å². The minimum absolute atomic E-state index is 0. The molecule has 12 aliphatic rings. The zero-order valence-corrected chi connectivity index (χ0v) is 85.9. The number of fused-ring (bicyclic) bond motifs is 12. The first-order valence-corrected chi connectivity index (χ1v) is 50.2. The van der Waals surface area contributed by atoms with Gasteiger partial charge >= 0.3 is 17.9 Å². The molecule has 2 aromatic rings. The molecule has 6 fully saturated rings. The van der Waals surface area contributed by atoms with Crippen molar-refractivity contribution in [3.63, 3.8) is 0 Å². The third-order valence-corrected chi connectivity index (χ3v) is 39.5. The molecule has 3 N–H and O–H groups in total. The van der Waals surface area contributed by atoms with Crippen LogP contribution in [0.15, 0.2) is 129 Å². The normalized spacial score (nSPS) is 36.3. The number of rotatable bonds is 22. The van der Waals surface area contributed by atoms with E-state index in [1.807, 2.05) is 104 Å². The van der Waals surface area contributed by atoms with Crippen LogP contribution in [0.2, 0.25) is 0 Å². The average molecular weight is 1770 g/mol. The smallest absolute Gasteiger partial charge is 0.323 e. The molecule has 0 aromatic heterocycles. The number of benzene rings is 2. The van der Waals surface area contributed by atoms with E-state index in [9.17, 15) is 19.5 Å². The molecule has 0 spiro atoms. The standard InChI is InChI=1S/C45H68O4.C39H59NO2.C30H50O.B2H3.2ClH/c1-30(2)16-15-17-31(3)34-22-26-45(11)36-20-21-37-42(7,8)38(24-25-43(37,9)35(36)23-27-44(34,45)10)48-40(47)33(28-32-18-13-12-14-19-32)29-39(46)49-41(4,5)6;1-26(2)13-12-14-27(3)29-19-23-39(8)31-17-18-33-36(4,5)34(21-22-37(33,6)30(31)20-24-38(29,39)7)42-35(41)32(40)25-28-15-10-9-11-16-28;1-20(2)10-9-11-21(3)22-14-18-30(8)24-12-13-25-27(4,5)26(31)16-17-28(25,6)23(24)15-19-29(22,30)7;1-2;;/h12-14,16,18-19,31,33-34,37-38H,15,17,20-29H2,1-11H3;9-11,13,15-16,27,29,32-34H,12,14,17-25,40H2,1-8H3;10,21-22,25-26,31H,9,11-19H2,1-8H3;1H3;2*1H/q;;;-1;;/t31-,33-,34-,37?,38+,43-,44-,45+;27-,29-,32+,33?,34+,37-,38-,39+;21-,22-,25?,26+,28-,29-,30+;;;/m111.../s1. The van der Waals surface area contributed by atoms with Gasteiger partial charge < -0.3 is 25.1 Å². The van der Waals surface area contributed by atoms with Crippen molar-refractivity contribution < 1.29 is 33.7 Å². The van der Waals surface area contributed by atoms with Crippen molar-refractivity contribution in [3.8, 4) is 0 Å². The highest BCUT2D eigenvalue weighted by Gasteiger charge is 2.68. The Morgan fingerprint density at radius 2 is 0.754 bits per heavy atom. The lowest BCUT2D eigenvalue weighted by atomic mass is 9.43. The van der Waals surface area contributed by atoms with Crippen LogP contribution in [0, 0.1) is 124 Å². The van der Waals surface area contributed by atoms with E-state index >= 15 is 0 Å². The first-order valence-electron chi connectivity index (χ1n) is 50.2. The van der Waals surface area contributed by atoms with E-state index < -0.39 is 17.6 Å². The van der Waals surface area contributed by atoms with E-state index in [0.29, 0.717) is 63.1 Å². The predicted molar refractivity (Wildman–Crippen MR) is 539 cm³/mol. The summed E-state index contributed by atoms with van der Waals surface area (Å²) in [7, 11) is 5.00. The Balaban J connectivity index is 0.000000215. The van der Waals surface area contributed by atoms with Crippen LogP contribution >= 0.6 is 24.8 Å². The van der Waals surface area contributed by atoms with Crippen LogP contribution in [-0.4, -0.2) is 68.4 Å². The second-order valence-corrected chi connectivity index (χ2v) is 49.0. The van der Waals surface area contributed by atoms with Crippen molar-refractivity contribution in [1.29, 1.82) is 0 Å². The van der Waals surface area contributed by atoms with E-state index in [2.05, 4.69) is 184 Å². The summed E-state index contributed by atoms with van der Waals surface area (Å²) in [6.45, 7) is 64.4. The number of halogens is 2. The van der Waals surface area contributed by atoms with Crippen molar-refractivity contribution in [1.82, 2.24) is 0 Å². The topological polar surface area (TPSA) is 125 Å². The maximum atomic E-state index is 14.0. The van der Waals surface area contributed by atoms with Gasteiger partial charge in [0.2, 0.25) is 0 Å². The summed E-state index contributed by atoms with van der Waals surface area (Å²) in [4.78, 5) is 40.2. The van der Waals surface area contributed by atoms with Crippen LogP contribution in [0.1, 0.15) is 397 Å². The van der Waals surface area contributed by atoms with Crippen LogP contribution in [0.4, 0.5) is 0 Å². The van der Waals surface area contributed by atoms with Crippen LogP contribution in [0.5, 0.6) is 0 Å². The fraction of sp³-hybridized carbons (Fsp3) is 0.763. The quantitative estimate of drug-likeness (QED) is 0.0517. The molecule has 0 saturated heterocycles. The van der Waals surface area contributed by atoms with Gasteiger partial charge in [-0.1, -0.05) is 261 Å². The Morgan fingerprint density at radius 3 is 1.09 bits per heavy atom. The molecule has 6 saturated carbocycles. The zero-order valence-electron chi connectivity index (χ0n) is 84.3. The summed E-state index contributed by atoms with van der Waals surface area (Å²) in [6, 6.07) is 19.4. The predicted octanol–water partition coefficient (Wildman–Crippen LogP) is 29.0. The Bertz CT molecular complexity index is 4260. The van der Waals surface area contributed by atoms with Crippen molar-refractivity contribution in [2.75, 3.05) is 0 Å². The lowest BCUT2D eigenvalue weighted by Gasteiger charge is -2.62. The second-order valence-electron chi connectivity index (χ2n) is 49.0. The molecule has 8 nitrogen and oxygen atoms in total. The van der Waals surface area contributed by atoms with Gasteiger partial charge in [0, 0.05) is 10.8 Å². The Hall–Kier alpha value is -4.08. The summed E-state index contributed by atoms with van der Waals surface area (Å²) in [6.07, 6.45) is 45.1. The third kappa shape index (κ3) is 20.0. The number of ether oxygens (including phenoxy) is 3. The molecule has 0 amide bonds. The lowest BCUT2D eigenvalue weighted by Crippen LogP contribution is -2.56. The number of allylic oxidation sites excluding steroid dienone is 12. The van der Waals surface area contributed by atoms with E-state index in [-0.39, 0.29) is 108 Å². The molecule has 14 rings (SSSR count). The molecule has 3 unspecified atom stereocenters. The Labute approximate surface area is 785 Å². The van der Waals surface area contributed by atoms with Gasteiger partial charge in [-0.3, -0.25) is 14.4 Å². The van der Waals surface area contributed by atoms with Crippen molar-refractivity contribution in [2.45, 2.75) is 429 Å². The zero-order chi connectivity index (χ0) is 91.3. The van der Waals surface area contributed by atoms with Gasteiger partial charge in [-0.25, -0.2) is 0 Å². The van der Waals surface area contributed by atoms with E-state index in [1.165, 1.54) is 171 Å². The summed E-state index contributed by atoms with van der Waals surface area (Å²) >= 11 is 0. The van der Waals surface area contributed by atoms with Crippen molar-refractivity contribution in [2.24, 2.45) is 130 Å². The van der Waals surface area contributed by atoms with Gasteiger partial charge in [0.1, 0.15) is 23.9 Å². The maximum absolute atomic E-state index is 14.0. The molecule has 2 aromatic carbocycles. The SMILES string of the molecule is CC(C)=CCC[C@@H](C)[C@H]1CC[C@@]2(C)C3=C(CC[C@]12C)[C@@]1(C)CC[C@H](O)C(C)(C)C1CC3.CC(C)=CCC[C@@H](C)[C@H]1CC[C@@]2(C)C3=C(CC[C@]12C)[C@@]1(C)CC[C@H](OC(=O)[C@@H](CC(=O)OC(C)(C)C)Cc2ccccc2)C(C)(C)C1CC3.CC(C)=CCC[C@@H](C)[C@H]1CC[C@@]2(C)C3=C(CC[C@]12C)[C@@]1(C)CC[C@H](OC(=O)[C@@H](N)Cc2ccccc2)C(C)(C)C1CC3.Cl.Cl.[B][BH3-]. The third-order valence-electron chi connectivity index (χ3n) is 39.5. The number of carbonyl (C=O) groups is 3. The van der Waals surface area contributed by atoms with Crippen molar-refractivity contribution in [3.05, 3.63) is 140 Å². The summed E-state index contributed by atoms with van der Waals surface area (Å²) < 4.78 is 18.5. The maximum Gasteiger partial charge on any atom is 0.323 e. The fourth-order valence-corrected chi connectivity index (χ4v) is 31.9. The molecule has 0 heterocycles. The monoisotopic (exact) mass is 1770 g/mol. The lowest BCUT2D eigenvalue weighted by molar-refractivity contribution is -0.177. The van der Waals surface area contributed by atoms with E-state index in [4.69, 9.17) is 27.7 Å². The van der Waals surface area contributed by atoms with Crippen LogP contribution in [0.3, 0.4) is 0 Å². The summed E-state index contributed by atoms with van der Waals surface area (Å²) in [5.41, 5.74) is 25.9. The number of hydrogen-bond acceptors (Lipinski definition) is 8. The van der Waals surface area contributed by atoms with Gasteiger partial charge in [0.15, 0.2) is 0 Å². The Kier molecular flexibility index (Phi) is 34.0. The highest BCUT2D eigenvalue weighted by atomic mass is 35.5. The molecule has 0 bridgehead atoms. The molecule has 12 aliphatic carbocycles. The number of carbonyl (C=O) groups excluding carboxylic acids is 3. The molecule has 2 radical (unpaired) electrons. The molecule has 12 heteroatoms. The average Bonchev–Trinajstić information content (AvgIpc) is 1.46. The highest BCUT2D eigenvalue weighted by molar-refractivity contribution is 6.75. The molecular weight excluding hydrogens is 1590 g/mol. The van der Waals surface area contributed by atoms with E-state index in [0.717, 1.165) is 85.2 Å². The largest absolute Gasteiger partial charge is 0.462 e. The van der Waals surface area contributed by atoms with Gasteiger partial charge in [-0.05, 0) is 386 Å². The number of esters is 3. The molecule has 0 aliphatic heterocycles. The first kappa shape index (κ1) is 106.